The van der Waals surface area contributed by atoms with E-state index in [2.05, 4.69) is 44.0 Å². The number of hydrogen-bond donors (Lipinski definition) is 1. The zero-order valence-electron chi connectivity index (χ0n) is 25.3. The zero-order valence-corrected chi connectivity index (χ0v) is 25.3. The number of aromatic nitrogens is 2. The zero-order chi connectivity index (χ0) is 30.3. The second-order valence-corrected chi connectivity index (χ2v) is 10.6. The molecule has 0 bridgehead atoms. The van der Waals surface area contributed by atoms with E-state index >= 15 is 0 Å². The average molecular weight is 593 g/mol. The van der Waals surface area contributed by atoms with Crippen molar-refractivity contribution in [1.29, 1.82) is 0 Å². The number of hydrogen-bond acceptors (Lipinski definition) is 9. The van der Waals surface area contributed by atoms with Crippen molar-refractivity contribution in [3.05, 3.63) is 94.6 Å². The number of benzene rings is 1. The molecule has 2 aromatic heterocycles. The first-order chi connectivity index (χ1) is 21.0. The predicted molar refractivity (Wildman–Crippen MR) is 163 cm³/mol. The molecule has 0 spiro atoms. The van der Waals surface area contributed by atoms with E-state index in [0.717, 1.165) is 42.1 Å². The number of carbonyl (C=O) groups is 1. The number of rotatable bonds is 6. The lowest BCUT2D eigenvalue weighted by atomic mass is 9.99. The Morgan fingerprint density at radius 1 is 0.744 bits per heavy atom. The summed E-state index contributed by atoms with van der Waals surface area (Å²) in [4.78, 5) is 25.4. The highest BCUT2D eigenvalue weighted by molar-refractivity contribution is 5.85. The van der Waals surface area contributed by atoms with Crippen molar-refractivity contribution in [2.75, 3.05) is 79.0 Å². The molecule has 1 N–H and O–H groups in total. The minimum absolute atomic E-state index is 0.0199. The molecule has 0 radical (unpaired) electrons. The topological polar surface area (TPSA) is 106 Å². The Morgan fingerprint density at radius 2 is 1.33 bits per heavy atom. The van der Waals surface area contributed by atoms with E-state index in [-0.39, 0.29) is 11.7 Å². The summed E-state index contributed by atoms with van der Waals surface area (Å²) < 4.78 is 23.8. The van der Waals surface area contributed by atoms with Crippen LogP contribution in [0.5, 0.6) is 0 Å². The lowest BCUT2D eigenvalue weighted by molar-refractivity contribution is 0.00331. The van der Waals surface area contributed by atoms with Gasteiger partial charge in [-0.1, -0.05) is 42.0 Å². The smallest absolute Gasteiger partial charge is 0.354 e. The van der Waals surface area contributed by atoms with E-state index < -0.39 is 5.97 Å². The van der Waals surface area contributed by atoms with E-state index in [0.29, 0.717) is 71.6 Å². The number of carboxylic acid groups (broad SMARTS) is 1. The fourth-order valence-electron chi connectivity index (χ4n) is 4.99. The summed E-state index contributed by atoms with van der Waals surface area (Å²) in [5.41, 5.74) is 4.91. The molecule has 1 aliphatic rings. The van der Waals surface area contributed by atoms with Crippen LogP contribution in [0.3, 0.4) is 0 Å². The van der Waals surface area contributed by atoms with Crippen LogP contribution in [-0.2, 0) is 25.5 Å². The third-order valence-corrected chi connectivity index (χ3v) is 7.25. The quantitative estimate of drug-likeness (QED) is 0.455. The van der Waals surface area contributed by atoms with Crippen molar-refractivity contribution >= 4 is 5.97 Å². The Balaban J connectivity index is 1.40. The summed E-state index contributed by atoms with van der Waals surface area (Å²) in [6.07, 6.45) is 0. The molecule has 232 valence electrons. The molecule has 3 aromatic rings. The molecule has 4 rings (SSSR count). The van der Waals surface area contributed by atoms with Crippen LogP contribution in [0.2, 0.25) is 0 Å². The molecule has 0 amide bonds. The van der Waals surface area contributed by atoms with Crippen LogP contribution >= 0.6 is 0 Å². The Bertz CT molecular complexity index is 1240. The second kappa shape index (κ2) is 17.8. The van der Waals surface area contributed by atoms with Crippen LogP contribution in [0.1, 0.15) is 44.7 Å². The molecule has 3 heterocycles. The van der Waals surface area contributed by atoms with Gasteiger partial charge in [-0.05, 0) is 43.7 Å². The SMILES string of the molecule is Cc1ccc(C(c2cccc(C(=O)O)n2)N2CCOCCOCCN(Cc3cccc(C)n3)CCOCCOCC2)cc1. The third-order valence-electron chi connectivity index (χ3n) is 7.25. The molecule has 43 heavy (non-hydrogen) atoms. The van der Waals surface area contributed by atoms with Gasteiger partial charge in [0, 0.05) is 38.4 Å². The molecule has 1 atom stereocenters. The Kier molecular flexibility index (Phi) is 13.5. The monoisotopic (exact) mass is 592 g/mol. The molecule has 1 aromatic carbocycles. The first kappa shape index (κ1) is 32.7. The fraction of sp³-hybridized carbons (Fsp3) is 0.485. The normalized spacial score (nSPS) is 18.4. The van der Waals surface area contributed by atoms with E-state index in [1.165, 1.54) is 6.07 Å². The van der Waals surface area contributed by atoms with Crippen LogP contribution in [0, 0.1) is 13.8 Å². The number of aromatic carboxylic acids is 1. The molecule has 1 fully saturated rings. The number of nitrogens with zero attached hydrogens (tertiary/aromatic N) is 4. The lowest BCUT2D eigenvalue weighted by Gasteiger charge is -2.32. The highest BCUT2D eigenvalue weighted by Gasteiger charge is 2.25. The van der Waals surface area contributed by atoms with Crippen LogP contribution in [-0.4, -0.2) is 110 Å². The van der Waals surface area contributed by atoms with Crippen molar-refractivity contribution in [1.82, 2.24) is 19.8 Å². The van der Waals surface area contributed by atoms with Crippen molar-refractivity contribution in [2.24, 2.45) is 0 Å². The molecule has 10 heteroatoms. The van der Waals surface area contributed by atoms with Crippen LogP contribution < -0.4 is 0 Å². The molecule has 1 unspecified atom stereocenters. The maximum absolute atomic E-state index is 11.7. The van der Waals surface area contributed by atoms with Gasteiger partial charge in [0.25, 0.3) is 0 Å². The maximum atomic E-state index is 11.7. The molecule has 1 saturated heterocycles. The third kappa shape index (κ3) is 11.1. The van der Waals surface area contributed by atoms with Gasteiger partial charge in [0.1, 0.15) is 5.69 Å². The minimum atomic E-state index is -1.05. The summed E-state index contributed by atoms with van der Waals surface area (Å²) in [6, 6.07) is 19.2. The Labute approximate surface area is 254 Å². The summed E-state index contributed by atoms with van der Waals surface area (Å²) in [6.45, 7) is 11.6. The molecule has 0 saturated carbocycles. The van der Waals surface area contributed by atoms with Gasteiger partial charge in [0.2, 0.25) is 0 Å². The average Bonchev–Trinajstić information content (AvgIpc) is 3.00. The highest BCUT2D eigenvalue weighted by atomic mass is 16.5. The van der Waals surface area contributed by atoms with Crippen LogP contribution in [0.4, 0.5) is 0 Å². The lowest BCUT2D eigenvalue weighted by Crippen LogP contribution is -2.36. The Morgan fingerprint density at radius 3 is 1.91 bits per heavy atom. The van der Waals surface area contributed by atoms with Gasteiger partial charge in [-0.15, -0.1) is 0 Å². The Hall–Kier alpha value is -3.25. The second-order valence-electron chi connectivity index (χ2n) is 10.6. The van der Waals surface area contributed by atoms with E-state index in [1.807, 2.05) is 38.1 Å². The molecular formula is C33H44N4O6. The minimum Gasteiger partial charge on any atom is -0.477 e. The first-order valence-corrected chi connectivity index (χ1v) is 15.0. The first-order valence-electron chi connectivity index (χ1n) is 15.0. The summed E-state index contributed by atoms with van der Waals surface area (Å²) in [5.74, 6) is -1.05. The summed E-state index contributed by atoms with van der Waals surface area (Å²) in [7, 11) is 0. The van der Waals surface area contributed by atoms with Gasteiger partial charge in [0.15, 0.2) is 0 Å². The molecular weight excluding hydrogens is 548 g/mol. The van der Waals surface area contributed by atoms with Gasteiger partial charge in [0.05, 0.1) is 70.3 Å². The van der Waals surface area contributed by atoms with Crippen molar-refractivity contribution in [2.45, 2.75) is 26.4 Å². The van der Waals surface area contributed by atoms with Crippen LogP contribution in [0.25, 0.3) is 0 Å². The molecule has 1 aliphatic heterocycles. The van der Waals surface area contributed by atoms with Crippen molar-refractivity contribution in [3.63, 3.8) is 0 Å². The highest BCUT2D eigenvalue weighted by Crippen LogP contribution is 2.28. The summed E-state index contributed by atoms with van der Waals surface area (Å²) in [5, 5.41) is 9.59. The molecule has 10 nitrogen and oxygen atoms in total. The van der Waals surface area contributed by atoms with Gasteiger partial charge in [-0.2, -0.15) is 0 Å². The van der Waals surface area contributed by atoms with Crippen molar-refractivity contribution < 1.29 is 28.8 Å². The van der Waals surface area contributed by atoms with Crippen molar-refractivity contribution in [3.8, 4) is 0 Å². The predicted octanol–water partition coefficient (Wildman–Crippen LogP) is 3.77. The maximum Gasteiger partial charge on any atom is 0.354 e. The van der Waals surface area contributed by atoms with Gasteiger partial charge < -0.3 is 24.1 Å². The fourth-order valence-corrected chi connectivity index (χ4v) is 4.99. The van der Waals surface area contributed by atoms with E-state index in [4.69, 9.17) is 18.9 Å². The van der Waals surface area contributed by atoms with Crippen LogP contribution in [0.15, 0.2) is 60.7 Å². The van der Waals surface area contributed by atoms with Gasteiger partial charge in [-0.25, -0.2) is 9.78 Å². The number of ether oxygens (including phenoxy) is 4. The van der Waals surface area contributed by atoms with E-state index in [9.17, 15) is 9.90 Å². The molecule has 0 aliphatic carbocycles. The standard InChI is InChI=1S/C33H44N4O6/c1-26-9-11-28(12-10-26)32(30-7-4-8-31(35-30)33(38)39)37-15-19-42-23-21-40-17-13-36(14-18-41-22-24-43-20-16-37)25-29-6-3-5-27(2)34-29/h3-12,32H,13-25H2,1-2H3,(H,38,39). The summed E-state index contributed by atoms with van der Waals surface area (Å²) >= 11 is 0. The largest absolute Gasteiger partial charge is 0.477 e. The van der Waals surface area contributed by atoms with Gasteiger partial charge >= 0.3 is 5.97 Å². The van der Waals surface area contributed by atoms with Gasteiger partial charge in [-0.3, -0.25) is 14.8 Å². The number of carboxylic acids is 1. The number of pyridine rings is 2. The number of aryl methyl sites for hydroxylation is 2. The van der Waals surface area contributed by atoms with E-state index in [1.54, 1.807) is 6.07 Å².